The molecular formula is C16H18N4O. The van der Waals surface area contributed by atoms with E-state index in [-0.39, 0.29) is 5.91 Å². The highest BCUT2D eigenvalue weighted by molar-refractivity contribution is 5.89. The SMILES string of the molecule is Cn1cc(CCCC(=O)Nc2ncc[nH]2)c2ccccc21. The van der Waals surface area contributed by atoms with E-state index in [1.165, 1.54) is 16.5 Å². The average molecular weight is 282 g/mol. The number of carbonyl (C=O) groups excluding carboxylic acids is 1. The largest absolute Gasteiger partial charge is 0.350 e. The van der Waals surface area contributed by atoms with Crippen molar-refractivity contribution >= 4 is 22.8 Å². The summed E-state index contributed by atoms with van der Waals surface area (Å²) in [5, 5.41) is 4.01. The van der Waals surface area contributed by atoms with Crippen LogP contribution in [0.3, 0.4) is 0 Å². The van der Waals surface area contributed by atoms with Crippen LogP contribution in [0.25, 0.3) is 10.9 Å². The standard InChI is InChI=1S/C16H18N4O/c1-20-11-12(13-6-2-3-7-14(13)20)5-4-8-15(21)19-16-17-9-10-18-16/h2-3,6-7,9-11H,4-5,8H2,1H3,(H2,17,18,19,21). The first-order chi connectivity index (χ1) is 10.2. The number of hydrogen-bond donors (Lipinski definition) is 2. The molecule has 3 rings (SSSR count). The van der Waals surface area contributed by atoms with Gasteiger partial charge in [0.25, 0.3) is 0 Å². The first-order valence-electron chi connectivity index (χ1n) is 7.06. The van der Waals surface area contributed by atoms with Crippen molar-refractivity contribution in [3.8, 4) is 0 Å². The molecule has 0 aliphatic carbocycles. The highest BCUT2D eigenvalue weighted by Gasteiger charge is 2.08. The number of amides is 1. The van der Waals surface area contributed by atoms with Gasteiger partial charge < -0.3 is 9.55 Å². The highest BCUT2D eigenvalue weighted by atomic mass is 16.1. The number of rotatable bonds is 5. The van der Waals surface area contributed by atoms with Crippen molar-refractivity contribution in [1.82, 2.24) is 14.5 Å². The van der Waals surface area contributed by atoms with Crippen molar-refractivity contribution in [2.75, 3.05) is 5.32 Å². The molecule has 3 aromatic rings. The smallest absolute Gasteiger partial charge is 0.226 e. The van der Waals surface area contributed by atoms with E-state index in [1.807, 2.05) is 6.07 Å². The third-order valence-electron chi connectivity index (χ3n) is 3.59. The summed E-state index contributed by atoms with van der Waals surface area (Å²) < 4.78 is 2.13. The molecule has 5 nitrogen and oxygen atoms in total. The minimum absolute atomic E-state index is 0.00909. The van der Waals surface area contributed by atoms with Crippen LogP contribution in [0.2, 0.25) is 0 Å². The van der Waals surface area contributed by atoms with Gasteiger partial charge in [-0.15, -0.1) is 0 Å². The monoisotopic (exact) mass is 282 g/mol. The molecule has 0 saturated heterocycles. The third kappa shape index (κ3) is 2.97. The molecule has 0 unspecified atom stereocenters. The van der Waals surface area contributed by atoms with Crippen LogP contribution in [0.5, 0.6) is 0 Å². The molecule has 108 valence electrons. The molecule has 0 aliphatic rings. The minimum atomic E-state index is -0.00909. The van der Waals surface area contributed by atoms with E-state index in [4.69, 9.17) is 0 Å². The summed E-state index contributed by atoms with van der Waals surface area (Å²) in [5.74, 6) is 0.496. The average Bonchev–Trinajstić information content (AvgIpc) is 3.09. The molecule has 0 radical (unpaired) electrons. The summed E-state index contributed by atoms with van der Waals surface area (Å²) in [4.78, 5) is 18.6. The number of benzene rings is 1. The summed E-state index contributed by atoms with van der Waals surface area (Å²) in [7, 11) is 2.05. The normalized spacial score (nSPS) is 10.9. The molecule has 5 heteroatoms. The molecule has 1 aromatic carbocycles. The minimum Gasteiger partial charge on any atom is -0.350 e. The summed E-state index contributed by atoms with van der Waals surface area (Å²) in [5.41, 5.74) is 2.52. The van der Waals surface area contributed by atoms with E-state index in [1.54, 1.807) is 12.4 Å². The second kappa shape index (κ2) is 5.83. The van der Waals surface area contributed by atoms with Crippen molar-refractivity contribution in [3.05, 3.63) is 48.4 Å². The third-order valence-corrected chi connectivity index (χ3v) is 3.59. The van der Waals surface area contributed by atoms with Gasteiger partial charge in [-0.05, 0) is 24.5 Å². The first kappa shape index (κ1) is 13.4. The zero-order chi connectivity index (χ0) is 14.7. The molecule has 0 saturated carbocycles. The maximum absolute atomic E-state index is 11.8. The van der Waals surface area contributed by atoms with Crippen LogP contribution < -0.4 is 5.32 Å². The fourth-order valence-electron chi connectivity index (χ4n) is 2.59. The van der Waals surface area contributed by atoms with Crippen LogP contribution in [-0.4, -0.2) is 20.4 Å². The number of nitrogens with zero attached hydrogens (tertiary/aromatic N) is 2. The van der Waals surface area contributed by atoms with E-state index in [9.17, 15) is 4.79 Å². The molecular weight excluding hydrogens is 264 g/mol. The zero-order valence-corrected chi connectivity index (χ0v) is 12.0. The summed E-state index contributed by atoms with van der Waals surface area (Å²) in [6.07, 6.45) is 7.66. The number of H-pyrrole nitrogens is 1. The van der Waals surface area contributed by atoms with Gasteiger partial charge in [0, 0.05) is 43.0 Å². The second-order valence-corrected chi connectivity index (χ2v) is 5.12. The number of aromatic nitrogens is 3. The van der Waals surface area contributed by atoms with Crippen molar-refractivity contribution < 1.29 is 4.79 Å². The Kier molecular flexibility index (Phi) is 3.73. The number of nitrogens with one attached hydrogen (secondary N) is 2. The summed E-state index contributed by atoms with van der Waals surface area (Å²) >= 11 is 0. The number of hydrogen-bond acceptors (Lipinski definition) is 2. The van der Waals surface area contributed by atoms with Crippen LogP contribution in [0.15, 0.2) is 42.9 Å². The van der Waals surface area contributed by atoms with Gasteiger partial charge in [-0.3, -0.25) is 10.1 Å². The van der Waals surface area contributed by atoms with Gasteiger partial charge in [-0.2, -0.15) is 0 Å². The van der Waals surface area contributed by atoms with Crippen LogP contribution in [-0.2, 0) is 18.3 Å². The molecule has 21 heavy (non-hydrogen) atoms. The molecule has 2 heterocycles. The second-order valence-electron chi connectivity index (χ2n) is 5.12. The quantitative estimate of drug-likeness (QED) is 0.756. The number of imidazole rings is 1. The van der Waals surface area contributed by atoms with Crippen molar-refractivity contribution in [3.63, 3.8) is 0 Å². The molecule has 0 bridgehead atoms. The van der Waals surface area contributed by atoms with Gasteiger partial charge in [-0.1, -0.05) is 18.2 Å². The molecule has 0 atom stereocenters. The molecule has 2 N–H and O–H groups in total. The van der Waals surface area contributed by atoms with Crippen molar-refractivity contribution in [2.24, 2.45) is 7.05 Å². The maximum Gasteiger partial charge on any atom is 0.226 e. The molecule has 0 fully saturated rings. The Balaban J connectivity index is 1.58. The number of para-hydroxylation sites is 1. The van der Waals surface area contributed by atoms with Gasteiger partial charge in [0.05, 0.1) is 0 Å². The van der Waals surface area contributed by atoms with E-state index in [2.05, 4.69) is 51.3 Å². The fourth-order valence-corrected chi connectivity index (χ4v) is 2.59. The van der Waals surface area contributed by atoms with Gasteiger partial charge in [0.15, 0.2) is 0 Å². The number of carbonyl (C=O) groups is 1. The number of anilines is 1. The molecule has 0 spiro atoms. The lowest BCUT2D eigenvalue weighted by Crippen LogP contribution is -2.12. The number of aromatic amines is 1. The number of aryl methyl sites for hydroxylation is 2. The van der Waals surface area contributed by atoms with E-state index in [0.717, 1.165) is 12.8 Å². The highest BCUT2D eigenvalue weighted by Crippen LogP contribution is 2.21. The maximum atomic E-state index is 11.8. The van der Waals surface area contributed by atoms with Crippen LogP contribution >= 0.6 is 0 Å². The molecule has 2 aromatic heterocycles. The van der Waals surface area contributed by atoms with Crippen LogP contribution in [0.4, 0.5) is 5.95 Å². The Morgan fingerprint density at radius 3 is 3.05 bits per heavy atom. The summed E-state index contributed by atoms with van der Waals surface area (Å²) in [6, 6.07) is 8.34. The molecule has 1 amide bonds. The van der Waals surface area contributed by atoms with Gasteiger partial charge in [-0.25, -0.2) is 4.98 Å². The predicted molar refractivity (Wildman–Crippen MR) is 83.1 cm³/mol. The van der Waals surface area contributed by atoms with Crippen LogP contribution in [0, 0.1) is 0 Å². The first-order valence-corrected chi connectivity index (χ1v) is 7.06. The Hall–Kier alpha value is -2.56. The van der Waals surface area contributed by atoms with Gasteiger partial charge in [0.1, 0.15) is 0 Å². The number of fused-ring (bicyclic) bond motifs is 1. The lowest BCUT2D eigenvalue weighted by molar-refractivity contribution is -0.116. The fraction of sp³-hybridized carbons (Fsp3) is 0.250. The lowest BCUT2D eigenvalue weighted by Gasteiger charge is -2.02. The summed E-state index contributed by atoms with van der Waals surface area (Å²) in [6.45, 7) is 0. The van der Waals surface area contributed by atoms with Gasteiger partial charge >= 0.3 is 0 Å². The molecule has 0 aliphatic heterocycles. The van der Waals surface area contributed by atoms with Crippen molar-refractivity contribution in [1.29, 1.82) is 0 Å². The Labute approximate surface area is 123 Å². The van der Waals surface area contributed by atoms with E-state index < -0.39 is 0 Å². The van der Waals surface area contributed by atoms with Crippen LogP contribution in [0.1, 0.15) is 18.4 Å². The van der Waals surface area contributed by atoms with E-state index >= 15 is 0 Å². The van der Waals surface area contributed by atoms with E-state index in [0.29, 0.717) is 12.4 Å². The Morgan fingerprint density at radius 1 is 1.38 bits per heavy atom. The zero-order valence-electron chi connectivity index (χ0n) is 12.0. The Morgan fingerprint density at radius 2 is 2.24 bits per heavy atom. The topological polar surface area (TPSA) is 62.7 Å². The Bertz CT molecular complexity index is 743. The van der Waals surface area contributed by atoms with Gasteiger partial charge in [0.2, 0.25) is 11.9 Å². The lowest BCUT2D eigenvalue weighted by atomic mass is 10.1. The predicted octanol–water partition coefficient (Wildman–Crippen LogP) is 2.86. The van der Waals surface area contributed by atoms with Crippen molar-refractivity contribution in [2.45, 2.75) is 19.3 Å².